The average Bonchev–Trinajstić information content (AvgIpc) is 2.85. The zero-order valence-corrected chi connectivity index (χ0v) is 8.71. The number of hydrogen-bond acceptors (Lipinski definition) is 5. The summed E-state index contributed by atoms with van der Waals surface area (Å²) in [5, 5.41) is 0. The molecule has 4 nitrogen and oxygen atoms in total. The van der Waals surface area contributed by atoms with Crippen LogP contribution < -0.4 is 0 Å². The van der Waals surface area contributed by atoms with E-state index >= 15 is 0 Å². The van der Waals surface area contributed by atoms with E-state index in [1.54, 1.807) is 13.0 Å². The topological polar surface area (TPSA) is 60.2 Å². The predicted octanol–water partition coefficient (Wildman–Crippen LogP) is 2.09. The highest BCUT2D eigenvalue weighted by Gasteiger charge is 2.17. The van der Waals surface area contributed by atoms with Crippen LogP contribution in [0.4, 0.5) is 0 Å². The van der Waals surface area contributed by atoms with Gasteiger partial charge in [0.15, 0.2) is 6.29 Å². The van der Waals surface area contributed by atoms with Crippen molar-refractivity contribution in [3.63, 3.8) is 0 Å². The minimum Gasteiger partial charge on any atom is -0.442 e. The Balaban J connectivity index is 2.38. The molecule has 0 radical (unpaired) electrons. The molecule has 2 heterocycles. The summed E-state index contributed by atoms with van der Waals surface area (Å²) in [7, 11) is 0. The summed E-state index contributed by atoms with van der Waals surface area (Å²) in [5.41, 5.74) is 0.537. The maximum absolute atomic E-state index is 11.7. The predicted molar refractivity (Wildman–Crippen MR) is 54.4 cm³/mol. The molecule has 0 aromatic carbocycles. The van der Waals surface area contributed by atoms with Gasteiger partial charge in [-0.3, -0.25) is 9.59 Å². The van der Waals surface area contributed by atoms with E-state index in [2.05, 4.69) is 4.98 Å². The van der Waals surface area contributed by atoms with Gasteiger partial charge >= 0.3 is 0 Å². The number of carbonyl (C=O) groups excluding carboxylic acids is 2. The Hall–Kier alpha value is -1.75. The molecule has 5 heteroatoms. The van der Waals surface area contributed by atoms with E-state index in [1.165, 1.54) is 23.8 Å². The number of nitrogens with zero attached hydrogens (tertiary/aromatic N) is 1. The number of aromatic nitrogens is 1. The number of aldehydes is 1. The third-order valence-electron chi connectivity index (χ3n) is 1.93. The van der Waals surface area contributed by atoms with E-state index < -0.39 is 0 Å². The van der Waals surface area contributed by atoms with Crippen molar-refractivity contribution < 1.29 is 14.0 Å². The Bertz CT molecular complexity index is 499. The summed E-state index contributed by atoms with van der Waals surface area (Å²) in [4.78, 5) is 27.4. The molecule has 0 aliphatic rings. The van der Waals surface area contributed by atoms with Gasteiger partial charge in [0.1, 0.15) is 6.26 Å². The first-order chi connectivity index (χ1) is 7.22. The number of rotatable bonds is 3. The van der Waals surface area contributed by atoms with Gasteiger partial charge in [-0.15, -0.1) is 11.3 Å². The van der Waals surface area contributed by atoms with Crippen LogP contribution in [0.25, 0.3) is 0 Å². The lowest BCUT2D eigenvalue weighted by molar-refractivity contribution is 0.101. The number of ketones is 1. The van der Waals surface area contributed by atoms with E-state index in [4.69, 9.17) is 4.42 Å². The number of oxazole rings is 1. The minimum atomic E-state index is -0.291. The van der Waals surface area contributed by atoms with Crippen LogP contribution in [0.2, 0.25) is 0 Å². The van der Waals surface area contributed by atoms with Crippen molar-refractivity contribution in [3.8, 4) is 0 Å². The second-order valence-electron chi connectivity index (χ2n) is 2.91. The maximum atomic E-state index is 11.7. The maximum Gasteiger partial charge on any atom is 0.269 e. The van der Waals surface area contributed by atoms with Gasteiger partial charge in [0, 0.05) is 10.4 Å². The first kappa shape index (κ1) is 9.79. The fraction of sp³-hybridized carbons (Fsp3) is 0.100. The lowest BCUT2D eigenvalue weighted by Crippen LogP contribution is -1.98. The summed E-state index contributed by atoms with van der Waals surface area (Å²) in [6.07, 6.45) is 3.49. The molecule has 0 amide bonds. The van der Waals surface area contributed by atoms with Crippen molar-refractivity contribution in [2.45, 2.75) is 6.92 Å². The van der Waals surface area contributed by atoms with Gasteiger partial charge < -0.3 is 4.42 Å². The lowest BCUT2D eigenvalue weighted by Gasteiger charge is -1.88. The molecule has 0 bridgehead atoms. The Kier molecular flexibility index (Phi) is 2.47. The van der Waals surface area contributed by atoms with Crippen molar-refractivity contribution in [1.82, 2.24) is 4.98 Å². The second kappa shape index (κ2) is 3.78. The van der Waals surface area contributed by atoms with Crippen LogP contribution in [-0.4, -0.2) is 17.1 Å². The molecule has 2 rings (SSSR count). The molecule has 0 unspecified atom stereocenters. The van der Waals surface area contributed by atoms with Crippen LogP contribution in [-0.2, 0) is 0 Å². The largest absolute Gasteiger partial charge is 0.442 e. The molecule has 0 spiro atoms. The second-order valence-corrected chi connectivity index (χ2v) is 4.16. The van der Waals surface area contributed by atoms with Crippen LogP contribution in [0, 0.1) is 6.92 Å². The molecule has 0 atom stereocenters. The zero-order valence-electron chi connectivity index (χ0n) is 7.89. The summed E-state index contributed by atoms with van der Waals surface area (Å²) >= 11 is 1.26. The molecule has 0 saturated heterocycles. The van der Waals surface area contributed by atoms with E-state index in [-0.39, 0.29) is 11.7 Å². The Morgan fingerprint density at radius 2 is 2.40 bits per heavy atom. The van der Waals surface area contributed by atoms with Crippen LogP contribution in [0.1, 0.15) is 30.8 Å². The molecule has 0 N–H and O–H groups in total. The van der Waals surface area contributed by atoms with E-state index in [9.17, 15) is 9.59 Å². The first-order valence-electron chi connectivity index (χ1n) is 4.22. The highest BCUT2D eigenvalue weighted by molar-refractivity contribution is 7.14. The minimum absolute atomic E-state index is 0.0497. The van der Waals surface area contributed by atoms with Crippen molar-refractivity contribution in [2.24, 2.45) is 0 Å². The lowest BCUT2D eigenvalue weighted by atomic mass is 10.2. The molecule has 0 fully saturated rings. The van der Waals surface area contributed by atoms with Gasteiger partial charge in [-0.1, -0.05) is 0 Å². The van der Waals surface area contributed by atoms with Gasteiger partial charge in [-0.25, -0.2) is 4.98 Å². The van der Waals surface area contributed by atoms with Gasteiger partial charge in [0.05, 0.1) is 11.1 Å². The molecule has 76 valence electrons. The number of aryl methyl sites for hydroxylation is 1. The zero-order chi connectivity index (χ0) is 10.8. The molecule has 0 saturated carbocycles. The number of hydrogen-bond donors (Lipinski definition) is 0. The van der Waals surface area contributed by atoms with Crippen LogP contribution in [0.15, 0.2) is 22.9 Å². The molecule has 0 aliphatic carbocycles. The van der Waals surface area contributed by atoms with Crippen molar-refractivity contribution in [3.05, 3.63) is 39.7 Å². The normalized spacial score (nSPS) is 10.2. The van der Waals surface area contributed by atoms with Gasteiger partial charge in [0.2, 0.25) is 0 Å². The Morgan fingerprint density at radius 3 is 2.93 bits per heavy atom. The van der Waals surface area contributed by atoms with E-state index in [0.717, 1.165) is 11.2 Å². The van der Waals surface area contributed by atoms with Gasteiger partial charge in [-0.05, 0) is 13.0 Å². The summed E-state index contributed by atoms with van der Waals surface area (Å²) in [6, 6.07) is 1.56. The highest BCUT2D eigenvalue weighted by atomic mass is 32.1. The monoisotopic (exact) mass is 221 g/mol. The number of thiophene rings is 1. The van der Waals surface area contributed by atoms with E-state index in [0.29, 0.717) is 10.4 Å². The Labute approximate surface area is 89.6 Å². The fourth-order valence-corrected chi connectivity index (χ4v) is 2.09. The SMILES string of the molecule is Cc1sc(C(=O)c2ncco2)cc1C=O. The van der Waals surface area contributed by atoms with Crippen molar-refractivity contribution in [1.29, 1.82) is 0 Å². The van der Waals surface area contributed by atoms with E-state index in [1.807, 2.05) is 0 Å². The van der Waals surface area contributed by atoms with Crippen LogP contribution >= 0.6 is 11.3 Å². The standard InChI is InChI=1S/C10H7NO3S/c1-6-7(5-12)4-8(15-6)9(13)10-11-2-3-14-10/h2-5H,1H3. The molecular weight excluding hydrogens is 214 g/mol. The van der Waals surface area contributed by atoms with Crippen molar-refractivity contribution in [2.75, 3.05) is 0 Å². The summed E-state index contributed by atoms with van der Waals surface area (Å²) in [6.45, 7) is 1.79. The highest BCUT2D eigenvalue weighted by Crippen LogP contribution is 2.22. The van der Waals surface area contributed by atoms with Crippen LogP contribution in [0.5, 0.6) is 0 Å². The first-order valence-corrected chi connectivity index (χ1v) is 5.04. The molecule has 0 aliphatic heterocycles. The average molecular weight is 221 g/mol. The van der Waals surface area contributed by atoms with Gasteiger partial charge in [-0.2, -0.15) is 0 Å². The third-order valence-corrected chi connectivity index (χ3v) is 3.00. The summed E-state index contributed by atoms with van der Waals surface area (Å²) < 4.78 is 4.89. The fourth-order valence-electron chi connectivity index (χ4n) is 1.17. The molecule has 15 heavy (non-hydrogen) atoms. The Morgan fingerprint density at radius 1 is 1.60 bits per heavy atom. The third kappa shape index (κ3) is 1.73. The molecular formula is C10H7NO3S. The summed E-state index contributed by atoms with van der Waals surface area (Å²) in [5.74, 6) is -0.241. The molecule has 2 aromatic rings. The molecule has 2 aromatic heterocycles. The number of carbonyl (C=O) groups is 2. The quantitative estimate of drug-likeness (QED) is 0.588. The van der Waals surface area contributed by atoms with Gasteiger partial charge in [0.25, 0.3) is 11.7 Å². The van der Waals surface area contributed by atoms with Crippen molar-refractivity contribution >= 4 is 23.4 Å². The smallest absolute Gasteiger partial charge is 0.269 e. The van der Waals surface area contributed by atoms with Crippen LogP contribution in [0.3, 0.4) is 0 Å².